The summed E-state index contributed by atoms with van der Waals surface area (Å²) in [6.45, 7) is 3.88. The number of fused-ring (bicyclic) bond motifs is 1. The van der Waals surface area contributed by atoms with Crippen molar-refractivity contribution >= 4 is 34.5 Å². The zero-order chi connectivity index (χ0) is 19.8. The third kappa shape index (κ3) is 5.11. The minimum Gasteiger partial charge on any atom is -0.489 e. The van der Waals surface area contributed by atoms with Crippen LogP contribution in [0.1, 0.15) is 5.56 Å². The van der Waals surface area contributed by atoms with Crippen molar-refractivity contribution in [1.29, 1.82) is 0 Å². The van der Waals surface area contributed by atoms with Crippen LogP contribution in [0.15, 0.2) is 78.4 Å². The zero-order valence-corrected chi connectivity index (χ0v) is 15.9. The number of carbonyl (C=O) groups is 1. The van der Waals surface area contributed by atoms with Gasteiger partial charge < -0.3 is 9.47 Å². The first-order valence-electron chi connectivity index (χ1n) is 8.63. The van der Waals surface area contributed by atoms with E-state index in [0.29, 0.717) is 23.1 Å². The zero-order valence-electron chi connectivity index (χ0n) is 15.1. The lowest BCUT2D eigenvalue weighted by Gasteiger charge is -2.10. The molecule has 0 aromatic heterocycles. The highest BCUT2D eigenvalue weighted by molar-refractivity contribution is 6.30. The Kier molecular flexibility index (Phi) is 6.65. The van der Waals surface area contributed by atoms with E-state index in [9.17, 15) is 4.79 Å². The SMILES string of the molecule is C=CCOc1ccc2ccccc2c1C=NNC(=O)COc1ccc(Cl)cc1. The summed E-state index contributed by atoms with van der Waals surface area (Å²) in [5, 5.41) is 6.68. The van der Waals surface area contributed by atoms with Gasteiger partial charge in [-0.3, -0.25) is 4.79 Å². The molecule has 3 rings (SSSR count). The van der Waals surface area contributed by atoms with Crippen LogP contribution in [0, 0.1) is 0 Å². The summed E-state index contributed by atoms with van der Waals surface area (Å²) in [6, 6.07) is 18.5. The van der Waals surface area contributed by atoms with E-state index in [1.54, 1.807) is 36.6 Å². The summed E-state index contributed by atoms with van der Waals surface area (Å²) in [5.41, 5.74) is 3.24. The number of halogens is 1. The Morgan fingerprint density at radius 3 is 2.64 bits per heavy atom. The molecule has 0 unspecified atom stereocenters. The predicted molar refractivity (Wildman–Crippen MR) is 112 cm³/mol. The Morgan fingerprint density at radius 1 is 1.07 bits per heavy atom. The van der Waals surface area contributed by atoms with Crippen molar-refractivity contribution in [3.05, 3.63) is 83.9 Å². The second kappa shape index (κ2) is 9.58. The summed E-state index contributed by atoms with van der Waals surface area (Å²) in [5.74, 6) is 0.840. The molecule has 6 heteroatoms. The molecule has 0 aliphatic rings. The van der Waals surface area contributed by atoms with E-state index >= 15 is 0 Å². The Hall–Kier alpha value is -3.31. The van der Waals surface area contributed by atoms with Crippen molar-refractivity contribution in [2.24, 2.45) is 5.10 Å². The van der Waals surface area contributed by atoms with Gasteiger partial charge in [0.05, 0.1) is 6.21 Å². The van der Waals surface area contributed by atoms with E-state index in [-0.39, 0.29) is 12.5 Å². The average Bonchev–Trinajstić information content (AvgIpc) is 2.72. The Balaban J connectivity index is 1.68. The van der Waals surface area contributed by atoms with Gasteiger partial charge in [0.15, 0.2) is 6.61 Å². The van der Waals surface area contributed by atoms with Gasteiger partial charge in [-0.2, -0.15) is 5.10 Å². The van der Waals surface area contributed by atoms with Crippen LogP contribution in [0.5, 0.6) is 11.5 Å². The van der Waals surface area contributed by atoms with Crippen LogP contribution in [0.25, 0.3) is 10.8 Å². The van der Waals surface area contributed by atoms with Gasteiger partial charge >= 0.3 is 0 Å². The molecule has 0 saturated carbocycles. The summed E-state index contributed by atoms with van der Waals surface area (Å²) in [4.78, 5) is 12.0. The third-order valence-corrected chi connectivity index (χ3v) is 4.11. The molecule has 0 radical (unpaired) electrons. The van der Waals surface area contributed by atoms with Crippen LogP contribution in [0.2, 0.25) is 5.02 Å². The molecule has 0 bridgehead atoms. The average molecular weight is 395 g/mol. The van der Waals surface area contributed by atoms with E-state index < -0.39 is 0 Å². The second-order valence-electron chi connectivity index (χ2n) is 5.83. The minimum absolute atomic E-state index is 0.158. The molecule has 28 heavy (non-hydrogen) atoms. The summed E-state index contributed by atoms with van der Waals surface area (Å²) in [7, 11) is 0. The normalized spacial score (nSPS) is 10.8. The minimum atomic E-state index is -0.375. The van der Waals surface area contributed by atoms with Gasteiger partial charge in [0.2, 0.25) is 0 Å². The number of hydrogen-bond acceptors (Lipinski definition) is 4. The number of nitrogens with one attached hydrogen (secondary N) is 1. The quantitative estimate of drug-likeness (QED) is 0.345. The third-order valence-electron chi connectivity index (χ3n) is 3.85. The highest BCUT2D eigenvalue weighted by atomic mass is 35.5. The Morgan fingerprint density at radius 2 is 1.86 bits per heavy atom. The first-order chi connectivity index (χ1) is 13.7. The fraction of sp³-hybridized carbons (Fsp3) is 0.0909. The lowest BCUT2D eigenvalue weighted by molar-refractivity contribution is -0.123. The van der Waals surface area contributed by atoms with Gasteiger partial charge in [0, 0.05) is 10.6 Å². The first-order valence-corrected chi connectivity index (χ1v) is 9.01. The Labute approximate surface area is 168 Å². The van der Waals surface area contributed by atoms with Crippen molar-refractivity contribution in [3.8, 4) is 11.5 Å². The van der Waals surface area contributed by atoms with Gasteiger partial charge in [-0.15, -0.1) is 0 Å². The van der Waals surface area contributed by atoms with Gasteiger partial charge in [0.25, 0.3) is 5.91 Å². The molecular weight excluding hydrogens is 376 g/mol. The number of amides is 1. The first kappa shape index (κ1) is 19.5. The predicted octanol–water partition coefficient (Wildman–Crippen LogP) is 4.59. The number of rotatable bonds is 8. The number of hydrogen-bond donors (Lipinski definition) is 1. The molecule has 142 valence electrons. The van der Waals surface area contributed by atoms with Gasteiger partial charge in [-0.05, 0) is 41.1 Å². The van der Waals surface area contributed by atoms with Crippen molar-refractivity contribution < 1.29 is 14.3 Å². The smallest absolute Gasteiger partial charge is 0.277 e. The number of carbonyl (C=O) groups excluding carboxylic acids is 1. The molecule has 0 aliphatic heterocycles. The Bertz CT molecular complexity index is 1000. The number of hydrazone groups is 1. The number of ether oxygens (including phenoxy) is 2. The van der Waals surface area contributed by atoms with Crippen LogP contribution in [-0.2, 0) is 4.79 Å². The fourth-order valence-corrected chi connectivity index (χ4v) is 2.69. The maximum absolute atomic E-state index is 12.0. The van der Waals surface area contributed by atoms with E-state index in [1.807, 2.05) is 36.4 Å². The fourth-order valence-electron chi connectivity index (χ4n) is 2.56. The van der Waals surface area contributed by atoms with Crippen molar-refractivity contribution in [2.75, 3.05) is 13.2 Å². The largest absolute Gasteiger partial charge is 0.489 e. The van der Waals surface area contributed by atoms with Crippen LogP contribution in [0.3, 0.4) is 0 Å². The highest BCUT2D eigenvalue weighted by Gasteiger charge is 2.07. The van der Waals surface area contributed by atoms with Crippen molar-refractivity contribution in [1.82, 2.24) is 5.43 Å². The summed E-state index contributed by atoms with van der Waals surface area (Å²) < 4.78 is 11.1. The number of benzene rings is 3. The molecule has 0 fully saturated rings. The topological polar surface area (TPSA) is 59.9 Å². The monoisotopic (exact) mass is 394 g/mol. The van der Waals surface area contributed by atoms with E-state index in [1.165, 1.54) is 0 Å². The number of nitrogens with zero attached hydrogens (tertiary/aromatic N) is 1. The molecular formula is C22H19ClN2O3. The molecule has 0 atom stereocenters. The van der Waals surface area contributed by atoms with E-state index in [2.05, 4.69) is 17.1 Å². The van der Waals surface area contributed by atoms with Crippen LogP contribution in [-0.4, -0.2) is 25.3 Å². The second-order valence-corrected chi connectivity index (χ2v) is 6.27. The maximum Gasteiger partial charge on any atom is 0.277 e. The molecule has 3 aromatic rings. The lowest BCUT2D eigenvalue weighted by Crippen LogP contribution is -2.24. The van der Waals surface area contributed by atoms with E-state index in [4.69, 9.17) is 21.1 Å². The summed E-state index contributed by atoms with van der Waals surface area (Å²) in [6.07, 6.45) is 3.24. The molecule has 5 nitrogen and oxygen atoms in total. The molecule has 3 aromatic carbocycles. The van der Waals surface area contributed by atoms with Crippen LogP contribution >= 0.6 is 11.6 Å². The van der Waals surface area contributed by atoms with Gasteiger partial charge in [-0.1, -0.05) is 54.6 Å². The molecule has 0 saturated heterocycles. The van der Waals surface area contributed by atoms with Gasteiger partial charge in [-0.25, -0.2) is 5.43 Å². The molecule has 0 heterocycles. The van der Waals surface area contributed by atoms with E-state index in [0.717, 1.165) is 16.3 Å². The molecule has 1 N–H and O–H groups in total. The highest BCUT2D eigenvalue weighted by Crippen LogP contribution is 2.26. The van der Waals surface area contributed by atoms with Crippen LogP contribution < -0.4 is 14.9 Å². The summed E-state index contributed by atoms with van der Waals surface area (Å²) >= 11 is 5.82. The van der Waals surface area contributed by atoms with Gasteiger partial charge in [0.1, 0.15) is 18.1 Å². The molecule has 0 spiro atoms. The maximum atomic E-state index is 12.0. The lowest BCUT2D eigenvalue weighted by atomic mass is 10.0. The molecule has 1 amide bonds. The van der Waals surface area contributed by atoms with Crippen LogP contribution in [0.4, 0.5) is 0 Å². The van der Waals surface area contributed by atoms with Crippen molar-refractivity contribution in [2.45, 2.75) is 0 Å². The molecule has 0 aliphatic carbocycles. The van der Waals surface area contributed by atoms with Crippen molar-refractivity contribution in [3.63, 3.8) is 0 Å². The standard InChI is InChI=1S/C22H19ClN2O3/c1-2-13-27-21-12-7-16-5-3-4-6-19(16)20(21)14-24-25-22(26)15-28-18-10-8-17(23)9-11-18/h2-12,14H,1,13,15H2,(H,25,26).